The molecule has 0 aliphatic rings. The number of aromatic nitrogens is 2. The Labute approximate surface area is 191 Å². The fourth-order valence-corrected chi connectivity index (χ4v) is 3.49. The molecule has 0 aliphatic carbocycles. The number of alkyl halides is 3. The van der Waals surface area contributed by atoms with E-state index in [0.29, 0.717) is 17.2 Å². The summed E-state index contributed by atoms with van der Waals surface area (Å²) in [4.78, 5) is 9.93. The average Bonchev–Trinajstić information content (AvgIpc) is 3.31. The molecule has 0 bridgehead atoms. The highest BCUT2D eigenvalue weighted by molar-refractivity contribution is 7.15. The van der Waals surface area contributed by atoms with E-state index in [0.717, 1.165) is 28.5 Å². The lowest BCUT2D eigenvalue weighted by molar-refractivity contribution is -0.137. The molecule has 2 heterocycles. The van der Waals surface area contributed by atoms with Gasteiger partial charge >= 0.3 is 6.18 Å². The summed E-state index contributed by atoms with van der Waals surface area (Å²) >= 11 is 1.76. The summed E-state index contributed by atoms with van der Waals surface area (Å²) < 4.78 is 42.4. The van der Waals surface area contributed by atoms with Crippen LogP contribution in [0, 0.1) is 27.7 Å². The Balaban J connectivity index is 0.000000217. The van der Waals surface area contributed by atoms with Crippen molar-refractivity contribution in [2.45, 2.75) is 47.7 Å². The molecular formula is C25H27F3N2OS. The monoisotopic (exact) mass is 460 g/mol. The van der Waals surface area contributed by atoms with Gasteiger partial charge in [-0.05, 0) is 52.0 Å². The molecule has 7 heteroatoms. The van der Waals surface area contributed by atoms with Crippen molar-refractivity contribution >= 4 is 11.3 Å². The molecule has 3 nitrogen and oxygen atoms in total. The van der Waals surface area contributed by atoms with Crippen LogP contribution >= 0.6 is 11.3 Å². The minimum Gasteiger partial charge on any atom is -0.441 e. The van der Waals surface area contributed by atoms with Crippen molar-refractivity contribution in [1.82, 2.24) is 9.97 Å². The zero-order chi connectivity index (χ0) is 23.9. The molecule has 0 spiro atoms. The molecule has 32 heavy (non-hydrogen) atoms. The normalized spacial score (nSPS) is 10.7. The second kappa shape index (κ2) is 11.1. The Kier molecular flexibility index (Phi) is 8.78. The van der Waals surface area contributed by atoms with Crippen molar-refractivity contribution in [2.75, 3.05) is 0 Å². The Bertz CT molecular complexity index is 1080. The van der Waals surface area contributed by atoms with E-state index in [2.05, 4.69) is 35.9 Å². The van der Waals surface area contributed by atoms with Crippen molar-refractivity contribution in [2.24, 2.45) is 0 Å². The molecule has 4 rings (SSSR count). The maximum absolute atomic E-state index is 12.4. The molecule has 170 valence electrons. The number of hydrogen-bond acceptors (Lipinski definition) is 4. The van der Waals surface area contributed by atoms with Gasteiger partial charge in [-0.25, -0.2) is 9.97 Å². The molecule has 0 N–H and O–H groups in total. The van der Waals surface area contributed by atoms with Gasteiger partial charge in [0, 0.05) is 16.0 Å². The van der Waals surface area contributed by atoms with Crippen LogP contribution in [0.15, 0.2) is 59.0 Å². The third-order valence-electron chi connectivity index (χ3n) is 4.54. The molecule has 0 aliphatic heterocycles. The molecule has 4 aromatic rings. The zero-order valence-electron chi connectivity index (χ0n) is 19.0. The van der Waals surface area contributed by atoms with Gasteiger partial charge in [0.25, 0.3) is 0 Å². The van der Waals surface area contributed by atoms with Gasteiger partial charge in [-0.2, -0.15) is 13.2 Å². The van der Waals surface area contributed by atoms with Gasteiger partial charge in [-0.15, -0.1) is 11.3 Å². The number of aryl methyl sites for hydroxylation is 4. The third kappa shape index (κ3) is 6.53. The Morgan fingerprint density at radius 2 is 1.34 bits per heavy atom. The number of benzene rings is 2. The number of oxazole rings is 1. The Morgan fingerprint density at radius 1 is 0.750 bits per heavy atom. The van der Waals surface area contributed by atoms with E-state index in [-0.39, 0.29) is 0 Å². The number of hydrogen-bond donors (Lipinski definition) is 0. The molecule has 0 atom stereocenters. The largest absolute Gasteiger partial charge is 0.441 e. The van der Waals surface area contributed by atoms with Gasteiger partial charge in [-0.3, -0.25) is 0 Å². The van der Waals surface area contributed by atoms with Crippen LogP contribution in [0.25, 0.3) is 22.0 Å². The van der Waals surface area contributed by atoms with E-state index in [1.807, 2.05) is 32.0 Å². The highest BCUT2D eigenvalue weighted by Gasteiger charge is 2.30. The van der Waals surface area contributed by atoms with Gasteiger partial charge < -0.3 is 4.42 Å². The second-order valence-electron chi connectivity index (χ2n) is 6.76. The van der Waals surface area contributed by atoms with Crippen molar-refractivity contribution in [1.29, 1.82) is 0 Å². The fourth-order valence-electron chi connectivity index (χ4n) is 2.57. The lowest BCUT2D eigenvalue weighted by Crippen LogP contribution is -2.03. The average molecular weight is 461 g/mol. The molecule has 0 saturated heterocycles. The highest BCUT2D eigenvalue weighted by Crippen LogP contribution is 2.31. The molecule has 0 unspecified atom stereocenters. The van der Waals surface area contributed by atoms with Crippen LogP contribution in [0.2, 0.25) is 0 Å². The molecule has 0 fully saturated rings. The molecule has 2 aromatic heterocycles. The summed E-state index contributed by atoms with van der Waals surface area (Å²) in [7, 11) is 0. The number of rotatable bonds is 2. The maximum atomic E-state index is 12.4. The third-order valence-corrected chi connectivity index (χ3v) is 5.66. The first-order valence-corrected chi connectivity index (χ1v) is 11.1. The zero-order valence-corrected chi connectivity index (χ0v) is 19.9. The van der Waals surface area contributed by atoms with E-state index in [1.165, 1.54) is 22.6 Å². The highest BCUT2D eigenvalue weighted by atomic mass is 32.1. The SMILES string of the molecule is CC.Cc1nc(-c2ccc(C(F)(F)F)cc2)oc1C.Cc1nc(-c2ccccc2)sc1C. The topological polar surface area (TPSA) is 38.9 Å². The van der Waals surface area contributed by atoms with Crippen LogP contribution < -0.4 is 0 Å². The van der Waals surface area contributed by atoms with E-state index in [1.54, 1.807) is 25.2 Å². The smallest absolute Gasteiger partial charge is 0.416 e. The lowest BCUT2D eigenvalue weighted by atomic mass is 10.1. The van der Waals surface area contributed by atoms with Crippen LogP contribution in [0.1, 0.15) is 41.4 Å². The van der Waals surface area contributed by atoms with Crippen molar-refractivity contribution < 1.29 is 17.6 Å². The molecule has 0 saturated carbocycles. The van der Waals surface area contributed by atoms with Crippen LogP contribution in [0.4, 0.5) is 13.2 Å². The first-order valence-electron chi connectivity index (χ1n) is 10.3. The number of thiazole rings is 1. The van der Waals surface area contributed by atoms with Crippen molar-refractivity contribution in [3.05, 3.63) is 82.2 Å². The predicted molar refractivity (Wildman–Crippen MR) is 125 cm³/mol. The van der Waals surface area contributed by atoms with Gasteiger partial charge in [-0.1, -0.05) is 44.2 Å². The van der Waals surface area contributed by atoms with Crippen molar-refractivity contribution in [3.63, 3.8) is 0 Å². The fraction of sp³-hybridized carbons (Fsp3) is 0.280. The van der Waals surface area contributed by atoms with Crippen LogP contribution in [-0.4, -0.2) is 9.97 Å². The standard InChI is InChI=1S/C12H10F3NO.C11H11NS.C2H6/c1-7-8(2)17-11(16-7)9-3-5-10(6-4-9)12(13,14)15;1-8-9(2)13-11(12-8)10-6-4-3-5-7-10;1-2/h3-6H,1-2H3;3-7H,1-2H3;1-2H3. The summed E-state index contributed by atoms with van der Waals surface area (Å²) in [6.07, 6.45) is -4.32. The quantitative estimate of drug-likeness (QED) is 0.301. The summed E-state index contributed by atoms with van der Waals surface area (Å²) in [6.45, 7) is 11.7. The van der Waals surface area contributed by atoms with E-state index in [9.17, 15) is 13.2 Å². The second-order valence-corrected chi connectivity index (χ2v) is 7.97. The Morgan fingerprint density at radius 3 is 1.78 bits per heavy atom. The molecular weight excluding hydrogens is 433 g/mol. The van der Waals surface area contributed by atoms with Gasteiger partial charge in [0.2, 0.25) is 5.89 Å². The summed E-state index contributed by atoms with van der Waals surface area (Å²) in [6, 6.07) is 15.0. The van der Waals surface area contributed by atoms with E-state index < -0.39 is 11.7 Å². The van der Waals surface area contributed by atoms with Crippen LogP contribution in [-0.2, 0) is 6.18 Å². The summed E-state index contributed by atoms with van der Waals surface area (Å²) in [5, 5.41) is 1.12. The first-order chi connectivity index (χ1) is 15.1. The maximum Gasteiger partial charge on any atom is 0.416 e. The number of halogens is 3. The van der Waals surface area contributed by atoms with E-state index >= 15 is 0 Å². The molecule has 0 amide bonds. The van der Waals surface area contributed by atoms with Crippen molar-refractivity contribution in [3.8, 4) is 22.0 Å². The van der Waals surface area contributed by atoms with Crippen LogP contribution in [0.3, 0.4) is 0 Å². The van der Waals surface area contributed by atoms with Gasteiger partial charge in [0.1, 0.15) is 10.8 Å². The van der Waals surface area contributed by atoms with Crippen LogP contribution in [0.5, 0.6) is 0 Å². The summed E-state index contributed by atoms with van der Waals surface area (Å²) in [5.74, 6) is 1.01. The van der Waals surface area contributed by atoms with Gasteiger partial charge in [0.15, 0.2) is 0 Å². The summed E-state index contributed by atoms with van der Waals surface area (Å²) in [5.41, 5.74) is 2.95. The minimum atomic E-state index is -4.32. The van der Waals surface area contributed by atoms with Gasteiger partial charge in [0.05, 0.1) is 17.0 Å². The molecule has 2 aromatic carbocycles. The lowest BCUT2D eigenvalue weighted by Gasteiger charge is -2.05. The predicted octanol–water partition coefficient (Wildman–Crippen LogP) is 8.43. The molecule has 0 radical (unpaired) electrons. The minimum absolute atomic E-state index is 0.341. The Hall–Kier alpha value is -2.93. The van der Waals surface area contributed by atoms with E-state index in [4.69, 9.17) is 4.42 Å². The number of nitrogens with zero attached hydrogens (tertiary/aromatic N) is 2. The first kappa shape index (κ1) is 25.3.